The van der Waals surface area contributed by atoms with Crippen molar-refractivity contribution in [3.8, 4) is 11.3 Å². The molecule has 178 valence electrons. The highest BCUT2D eigenvalue weighted by Gasteiger charge is 2.29. The molecule has 0 saturated carbocycles. The van der Waals surface area contributed by atoms with Gasteiger partial charge in [-0.3, -0.25) is 9.78 Å². The molecule has 0 unspecified atom stereocenters. The van der Waals surface area contributed by atoms with Crippen molar-refractivity contribution in [1.82, 2.24) is 20.3 Å². The molecule has 2 N–H and O–H groups in total. The smallest absolute Gasteiger partial charge is 0.155 e. The van der Waals surface area contributed by atoms with Gasteiger partial charge in [-0.1, -0.05) is 23.2 Å². The predicted molar refractivity (Wildman–Crippen MR) is 128 cm³/mol. The van der Waals surface area contributed by atoms with E-state index in [-0.39, 0.29) is 29.3 Å². The molecule has 2 aromatic rings. The molecule has 2 fully saturated rings. The van der Waals surface area contributed by atoms with Crippen LogP contribution in [0.4, 0.5) is 5.82 Å². The number of methoxy groups -OCH3 is 1. The summed E-state index contributed by atoms with van der Waals surface area (Å²) in [6.45, 7) is 3.64. The maximum Gasteiger partial charge on any atom is 0.155 e. The lowest BCUT2D eigenvalue weighted by molar-refractivity contribution is -0.121. The molecule has 0 spiro atoms. The third-order valence-electron chi connectivity index (χ3n) is 6.21. The Morgan fingerprint density at radius 2 is 2.09 bits per heavy atom. The number of halogens is 2. The van der Waals surface area contributed by atoms with Gasteiger partial charge < -0.3 is 20.1 Å². The van der Waals surface area contributed by atoms with Gasteiger partial charge in [-0.2, -0.15) is 0 Å². The molecule has 0 aromatic carbocycles. The number of hydrogen-bond acceptors (Lipinski definition) is 8. The average Bonchev–Trinajstić information content (AvgIpc) is 3.30. The van der Waals surface area contributed by atoms with Gasteiger partial charge in [0, 0.05) is 69.2 Å². The predicted octanol–water partition coefficient (Wildman–Crippen LogP) is 3.42. The number of anilines is 1. The van der Waals surface area contributed by atoms with Gasteiger partial charge in [0.25, 0.3) is 0 Å². The van der Waals surface area contributed by atoms with E-state index in [1.165, 1.54) is 0 Å². The second-order valence-corrected chi connectivity index (χ2v) is 9.39. The molecule has 0 aliphatic carbocycles. The Balaban J connectivity index is 1.46. The van der Waals surface area contributed by atoms with Gasteiger partial charge in [0.2, 0.25) is 0 Å². The SMILES string of the molecule is COC[C@H]1C[C@@H](C(=O)Cc2cc(-c3nc(NCC4CCOCC4)cnc3Cl)c(Cl)cn2)CN1. The van der Waals surface area contributed by atoms with Crippen LogP contribution >= 0.6 is 23.2 Å². The zero-order valence-corrected chi connectivity index (χ0v) is 20.2. The number of ketones is 1. The Hall–Kier alpha value is -1.84. The number of Topliss-reactive ketones (excluding diaryl/α,β-unsaturated/α-hetero) is 1. The number of pyridine rings is 1. The molecule has 2 atom stereocenters. The zero-order chi connectivity index (χ0) is 23.2. The summed E-state index contributed by atoms with van der Waals surface area (Å²) >= 11 is 12.8. The lowest BCUT2D eigenvalue weighted by Crippen LogP contribution is -2.26. The molecule has 10 heteroatoms. The Kier molecular flexibility index (Phi) is 8.49. The summed E-state index contributed by atoms with van der Waals surface area (Å²) in [5.74, 6) is 1.26. The number of carbonyl (C=O) groups excluding carboxylic acids is 1. The summed E-state index contributed by atoms with van der Waals surface area (Å²) in [7, 11) is 1.67. The standard InChI is InChI=1S/C23H29Cl2N5O3/c1-32-13-17-6-15(10-26-17)20(31)8-16-7-18(19(24)11-27-16)22-23(25)29-12-21(30-22)28-9-14-2-4-33-5-3-14/h7,11-12,14-15,17,26H,2-6,8-10,13H2,1H3,(H,28,30)/t15-,17-/m1/s1. The number of nitrogens with one attached hydrogen (secondary N) is 2. The molecule has 2 aliphatic heterocycles. The van der Waals surface area contributed by atoms with Crippen molar-refractivity contribution in [2.45, 2.75) is 31.7 Å². The molecule has 2 aromatic heterocycles. The third kappa shape index (κ3) is 6.39. The Labute approximate surface area is 203 Å². The normalized spacial score (nSPS) is 21.3. The molecule has 0 radical (unpaired) electrons. The first-order valence-corrected chi connectivity index (χ1v) is 12.0. The van der Waals surface area contributed by atoms with Crippen LogP contribution in [0.5, 0.6) is 0 Å². The van der Waals surface area contributed by atoms with Gasteiger partial charge in [-0.25, -0.2) is 9.97 Å². The van der Waals surface area contributed by atoms with Gasteiger partial charge in [0.15, 0.2) is 5.15 Å². The van der Waals surface area contributed by atoms with Gasteiger partial charge in [0.05, 0.1) is 17.8 Å². The van der Waals surface area contributed by atoms with Crippen molar-refractivity contribution in [3.63, 3.8) is 0 Å². The lowest BCUT2D eigenvalue weighted by Gasteiger charge is -2.22. The molecule has 33 heavy (non-hydrogen) atoms. The van der Waals surface area contributed by atoms with Crippen LogP contribution in [0.15, 0.2) is 18.5 Å². The Morgan fingerprint density at radius 1 is 1.27 bits per heavy atom. The minimum absolute atomic E-state index is 0.0489. The molecule has 4 rings (SSSR count). The van der Waals surface area contributed by atoms with Crippen LogP contribution in [0.3, 0.4) is 0 Å². The van der Waals surface area contributed by atoms with Gasteiger partial charge in [0.1, 0.15) is 17.3 Å². The molecule has 0 bridgehead atoms. The second-order valence-electron chi connectivity index (χ2n) is 8.62. The van der Waals surface area contributed by atoms with Crippen molar-refractivity contribution >= 4 is 34.8 Å². The summed E-state index contributed by atoms with van der Waals surface area (Å²) in [6, 6.07) is 2.00. The highest BCUT2D eigenvalue weighted by atomic mass is 35.5. The van der Waals surface area contributed by atoms with Crippen LogP contribution < -0.4 is 10.6 Å². The minimum Gasteiger partial charge on any atom is -0.383 e. The number of carbonyl (C=O) groups is 1. The van der Waals surface area contributed by atoms with Gasteiger partial charge in [-0.05, 0) is 31.2 Å². The maximum absolute atomic E-state index is 12.8. The summed E-state index contributed by atoms with van der Waals surface area (Å²) in [5.41, 5.74) is 1.72. The molecule has 2 aliphatic rings. The highest BCUT2D eigenvalue weighted by molar-refractivity contribution is 6.35. The molecule has 2 saturated heterocycles. The third-order valence-corrected chi connectivity index (χ3v) is 6.79. The maximum atomic E-state index is 12.8. The van der Waals surface area contributed by atoms with E-state index in [2.05, 4.69) is 25.6 Å². The van der Waals surface area contributed by atoms with Crippen molar-refractivity contribution in [1.29, 1.82) is 0 Å². The fourth-order valence-corrected chi connectivity index (χ4v) is 4.69. The molecule has 0 amide bonds. The van der Waals surface area contributed by atoms with Crippen molar-refractivity contribution in [2.24, 2.45) is 11.8 Å². The average molecular weight is 494 g/mol. The van der Waals surface area contributed by atoms with Gasteiger partial charge >= 0.3 is 0 Å². The first kappa shape index (κ1) is 24.3. The van der Waals surface area contributed by atoms with E-state index in [0.717, 1.165) is 39.0 Å². The fraction of sp³-hybridized carbons (Fsp3) is 0.565. The Bertz CT molecular complexity index is 971. The number of ether oxygens (including phenoxy) is 2. The first-order valence-electron chi connectivity index (χ1n) is 11.3. The topological polar surface area (TPSA) is 98.3 Å². The van der Waals surface area contributed by atoms with Crippen molar-refractivity contribution in [2.75, 3.05) is 45.3 Å². The highest BCUT2D eigenvalue weighted by Crippen LogP contribution is 2.32. The zero-order valence-electron chi connectivity index (χ0n) is 18.7. The van der Waals surface area contributed by atoms with E-state index in [9.17, 15) is 4.79 Å². The van der Waals surface area contributed by atoms with E-state index in [4.69, 9.17) is 32.7 Å². The lowest BCUT2D eigenvalue weighted by atomic mass is 9.96. The summed E-state index contributed by atoms with van der Waals surface area (Å²) in [6.07, 6.45) is 6.21. The largest absolute Gasteiger partial charge is 0.383 e. The quantitative estimate of drug-likeness (QED) is 0.548. The van der Waals surface area contributed by atoms with Crippen LogP contribution in [0, 0.1) is 11.8 Å². The van der Waals surface area contributed by atoms with E-state index in [1.807, 2.05) is 0 Å². The Morgan fingerprint density at radius 3 is 2.88 bits per heavy atom. The number of aromatic nitrogens is 3. The number of rotatable bonds is 9. The van der Waals surface area contributed by atoms with Crippen LogP contribution in [0.1, 0.15) is 25.0 Å². The van der Waals surface area contributed by atoms with Crippen LogP contribution in [0.2, 0.25) is 10.2 Å². The first-order chi connectivity index (χ1) is 16.0. The molecule has 8 nitrogen and oxygen atoms in total. The number of hydrogen-bond donors (Lipinski definition) is 2. The second kappa shape index (κ2) is 11.5. The van der Waals surface area contributed by atoms with E-state index in [1.54, 1.807) is 25.6 Å². The summed E-state index contributed by atoms with van der Waals surface area (Å²) in [4.78, 5) is 26.1. The van der Waals surface area contributed by atoms with Crippen molar-refractivity contribution in [3.05, 3.63) is 34.3 Å². The molecular weight excluding hydrogens is 465 g/mol. The van der Waals surface area contributed by atoms with E-state index < -0.39 is 0 Å². The monoisotopic (exact) mass is 493 g/mol. The van der Waals surface area contributed by atoms with Crippen LogP contribution in [0.25, 0.3) is 11.3 Å². The van der Waals surface area contributed by atoms with Crippen LogP contribution in [-0.4, -0.2) is 66.8 Å². The molecular formula is C23H29Cl2N5O3. The minimum atomic E-state index is -0.0489. The summed E-state index contributed by atoms with van der Waals surface area (Å²) in [5, 5.41) is 7.34. The molecule has 4 heterocycles. The number of nitrogens with zero attached hydrogens (tertiary/aromatic N) is 3. The van der Waals surface area contributed by atoms with Crippen molar-refractivity contribution < 1.29 is 14.3 Å². The summed E-state index contributed by atoms with van der Waals surface area (Å²) < 4.78 is 10.6. The fourth-order valence-electron chi connectivity index (χ4n) is 4.31. The van der Waals surface area contributed by atoms with Gasteiger partial charge in [-0.15, -0.1) is 0 Å². The van der Waals surface area contributed by atoms with E-state index >= 15 is 0 Å². The van der Waals surface area contributed by atoms with Crippen LogP contribution in [-0.2, 0) is 20.7 Å². The van der Waals surface area contributed by atoms with E-state index in [0.29, 0.717) is 46.9 Å².